The maximum Gasteiger partial charge on any atom is 0.355 e. The number of fused-ring (bicyclic) bond motifs is 1. The zero-order chi connectivity index (χ0) is 28.0. The van der Waals surface area contributed by atoms with E-state index in [-0.39, 0.29) is 12.5 Å². The van der Waals surface area contributed by atoms with Crippen molar-refractivity contribution in [3.05, 3.63) is 108 Å². The molecular formula is C31H28N4O4. The second-order valence-electron chi connectivity index (χ2n) is 8.92. The molecule has 0 heterocycles. The summed E-state index contributed by atoms with van der Waals surface area (Å²) in [5.41, 5.74) is 7.32. The topological polar surface area (TPSA) is 126 Å². The minimum atomic E-state index is -2.11. The third-order valence-electron chi connectivity index (χ3n) is 6.39. The molecule has 0 aliphatic heterocycles. The number of ketones is 1. The molecule has 8 nitrogen and oxygen atoms in total. The second-order valence-corrected chi connectivity index (χ2v) is 8.92. The fraction of sp³-hybridized carbons (Fsp3) is 0.161. The van der Waals surface area contributed by atoms with Crippen molar-refractivity contribution >= 4 is 39.8 Å². The van der Waals surface area contributed by atoms with Gasteiger partial charge in [-0.2, -0.15) is 5.26 Å². The maximum absolute atomic E-state index is 13.1. The van der Waals surface area contributed by atoms with Crippen molar-refractivity contribution < 1.29 is 19.1 Å². The summed E-state index contributed by atoms with van der Waals surface area (Å²) in [4.78, 5) is 40.5. The van der Waals surface area contributed by atoms with Gasteiger partial charge in [0.1, 0.15) is 0 Å². The minimum absolute atomic E-state index is 0.0619. The van der Waals surface area contributed by atoms with Crippen LogP contribution in [-0.4, -0.2) is 29.9 Å². The number of amides is 1. The van der Waals surface area contributed by atoms with E-state index in [1.165, 1.54) is 11.8 Å². The number of esters is 1. The van der Waals surface area contributed by atoms with Crippen molar-refractivity contribution in [1.29, 1.82) is 5.26 Å². The Morgan fingerprint density at radius 1 is 0.949 bits per heavy atom. The summed E-state index contributed by atoms with van der Waals surface area (Å²) in [7, 11) is 0. The summed E-state index contributed by atoms with van der Waals surface area (Å²) >= 11 is 0. The summed E-state index contributed by atoms with van der Waals surface area (Å²) in [6, 6.07) is 28.6. The number of carbonyl (C=O) groups excluding carboxylic acids is 3. The number of ether oxygens (including phenoxy) is 1. The number of hydrogen-bond acceptors (Lipinski definition) is 7. The summed E-state index contributed by atoms with van der Waals surface area (Å²) in [6.45, 7) is 3.26. The Labute approximate surface area is 226 Å². The zero-order valence-electron chi connectivity index (χ0n) is 21.7. The number of anilines is 2. The Morgan fingerprint density at radius 2 is 1.67 bits per heavy atom. The predicted octanol–water partition coefficient (Wildman–Crippen LogP) is 4.59. The number of hydrogen-bond donors (Lipinski definition) is 2. The van der Waals surface area contributed by atoms with Crippen LogP contribution in [0.2, 0.25) is 0 Å². The number of nitrogens with two attached hydrogens (primary N) is 1. The zero-order valence-corrected chi connectivity index (χ0v) is 21.7. The summed E-state index contributed by atoms with van der Waals surface area (Å²) in [5, 5.41) is 13.3. The van der Waals surface area contributed by atoms with Crippen molar-refractivity contribution in [3.8, 4) is 6.07 Å². The Balaban J connectivity index is 1.72. The molecule has 0 radical (unpaired) electrons. The molecule has 0 aromatic heterocycles. The first-order chi connectivity index (χ1) is 18.8. The average Bonchev–Trinajstić information content (AvgIpc) is 2.96. The van der Waals surface area contributed by atoms with Crippen LogP contribution in [0.15, 0.2) is 91.0 Å². The molecule has 4 aromatic rings. The van der Waals surface area contributed by atoms with Gasteiger partial charge in [-0.25, -0.2) is 4.79 Å². The Kier molecular flexibility index (Phi) is 8.04. The summed E-state index contributed by atoms with van der Waals surface area (Å²) < 4.78 is 5.21. The molecule has 1 amide bonds. The molecule has 0 bridgehead atoms. The van der Waals surface area contributed by atoms with Gasteiger partial charge in [0.05, 0.1) is 18.2 Å². The lowest BCUT2D eigenvalue weighted by molar-refractivity contribution is -0.152. The molecule has 0 aliphatic carbocycles. The number of carbonyl (C=O) groups is 3. The first-order valence-corrected chi connectivity index (χ1v) is 12.4. The van der Waals surface area contributed by atoms with E-state index in [2.05, 4.69) is 11.4 Å². The highest BCUT2D eigenvalue weighted by Gasteiger charge is 2.48. The lowest BCUT2D eigenvalue weighted by Crippen LogP contribution is -2.65. The fourth-order valence-corrected chi connectivity index (χ4v) is 4.35. The lowest BCUT2D eigenvalue weighted by atomic mass is 9.99. The van der Waals surface area contributed by atoms with Crippen LogP contribution in [0.3, 0.4) is 0 Å². The molecule has 8 heteroatoms. The van der Waals surface area contributed by atoms with Gasteiger partial charge in [-0.3, -0.25) is 15.3 Å². The maximum atomic E-state index is 13.1. The number of nitriles is 1. The van der Waals surface area contributed by atoms with E-state index >= 15 is 0 Å². The van der Waals surface area contributed by atoms with Gasteiger partial charge in [0.15, 0.2) is 5.78 Å². The molecule has 39 heavy (non-hydrogen) atoms. The van der Waals surface area contributed by atoms with Gasteiger partial charge in [-0.1, -0.05) is 48.5 Å². The fourth-order valence-electron chi connectivity index (χ4n) is 4.35. The number of nitrogens with zero attached hydrogens (tertiary/aromatic N) is 2. The van der Waals surface area contributed by atoms with Crippen molar-refractivity contribution in [2.45, 2.75) is 26.1 Å². The van der Waals surface area contributed by atoms with Crippen LogP contribution in [-0.2, 0) is 20.9 Å². The van der Waals surface area contributed by atoms with Gasteiger partial charge >= 0.3 is 5.97 Å². The monoisotopic (exact) mass is 520 g/mol. The first kappa shape index (κ1) is 27.0. The van der Waals surface area contributed by atoms with Gasteiger partial charge in [0, 0.05) is 23.5 Å². The molecule has 0 aliphatic rings. The van der Waals surface area contributed by atoms with Crippen LogP contribution < -0.4 is 16.0 Å². The van der Waals surface area contributed by atoms with Crippen LogP contribution in [0.4, 0.5) is 11.4 Å². The number of nitrogens with one attached hydrogen (secondary N) is 1. The smallest absolute Gasteiger partial charge is 0.355 e. The number of rotatable bonds is 9. The molecular weight excluding hydrogens is 492 g/mol. The molecule has 0 saturated carbocycles. The van der Waals surface area contributed by atoms with Crippen molar-refractivity contribution in [2.75, 3.05) is 11.5 Å². The number of para-hydroxylation sites is 1. The number of Topliss-reactive ketones (excluding diaryl/α,β-unsaturated/α-hetero) is 1. The Hall–Kier alpha value is -5.00. The molecule has 0 saturated heterocycles. The molecule has 0 spiro atoms. The van der Waals surface area contributed by atoms with Crippen molar-refractivity contribution in [1.82, 2.24) is 5.32 Å². The second kappa shape index (κ2) is 11.6. The van der Waals surface area contributed by atoms with Crippen LogP contribution in [0.1, 0.15) is 35.3 Å². The largest absolute Gasteiger partial charge is 0.463 e. The summed E-state index contributed by atoms with van der Waals surface area (Å²) in [6.07, 6.45) is 0. The van der Waals surface area contributed by atoms with E-state index in [9.17, 15) is 14.4 Å². The van der Waals surface area contributed by atoms with E-state index in [1.54, 1.807) is 85.8 Å². The molecule has 196 valence electrons. The predicted molar refractivity (Wildman–Crippen MR) is 149 cm³/mol. The molecule has 1 unspecified atom stereocenters. The van der Waals surface area contributed by atoms with E-state index in [0.29, 0.717) is 39.8 Å². The van der Waals surface area contributed by atoms with Gasteiger partial charge in [0.2, 0.25) is 0 Å². The van der Waals surface area contributed by atoms with Crippen molar-refractivity contribution in [2.24, 2.45) is 5.73 Å². The highest BCUT2D eigenvalue weighted by Crippen LogP contribution is 2.35. The van der Waals surface area contributed by atoms with Crippen LogP contribution in [0, 0.1) is 11.3 Å². The Bertz CT molecular complexity index is 1560. The van der Waals surface area contributed by atoms with Crippen LogP contribution in [0.5, 0.6) is 0 Å². The SMILES string of the molecule is CCOC(=O)C(N)(C(C)=O)N(c1ccccc1)c1ccc2c(C(=O)NCc3ccc(C#N)cc3)cccc2c1. The highest BCUT2D eigenvalue weighted by atomic mass is 16.5. The molecule has 4 rings (SSSR count). The van der Waals surface area contributed by atoms with Gasteiger partial charge in [-0.05, 0) is 72.6 Å². The van der Waals surface area contributed by atoms with E-state index in [4.69, 9.17) is 15.7 Å². The minimum Gasteiger partial charge on any atom is -0.463 e. The van der Waals surface area contributed by atoms with E-state index in [1.807, 2.05) is 12.1 Å². The molecule has 1 atom stereocenters. The van der Waals surface area contributed by atoms with Crippen LogP contribution >= 0.6 is 0 Å². The highest BCUT2D eigenvalue weighted by molar-refractivity contribution is 6.12. The summed E-state index contributed by atoms with van der Waals surface area (Å²) in [5.74, 6) is -1.71. The Morgan fingerprint density at radius 3 is 2.31 bits per heavy atom. The molecule has 0 fully saturated rings. The third-order valence-corrected chi connectivity index (χ3v) is 6.39. The third kappa shape index (κ3) is 5.49. The van der Waals surface area contributed by atoms with Gasteiger partial charge in [0.25, 0.3) is 11.6 Å². The van der Waals surface area contributed by atoms with E-state index in [0.717, 1.165) is 5.56 Å². The van der Waals surface area contributed by atoms with Gasteiger partial charge < -0.3 is 15.0 Å². The normalized spacial score (nSPS) is 12.2. The number of benzene rings is 4. The van der Waals surface area contributed by atoms with Gasteiger partial charge in [-0.15, -0.1) is 0 Å². The van der Waals surface area contributed by atoms with E-state index < -0.39 is 17.4 Å². The van der Waals surface area contributed by atoms with Crippen LogP contribution in [0.25, 0.3) is 10.8 Å². The standard InChI is InChI=1S/C31H28N4O4/c1-3-39-30(38)31(33,21(2)36)35(25-9-5-4-6-10-25)26-16-17-27-24(18-26)8-7-11-28(27)29(37)34-20-23-14-12-22(19-32)13-15-23/h4-18H,3,20,33H2,1-2H3,(H,34,37). The molecule has 4 aromatic carbocycles. The average molecular weight is 521 g/mol. The van der Waals surface area contributed by atoms with Crippen molar-refractivity contribution in [3.63, 3.8) is 0 Å². The lowest BCUT2D eigenvalue weighted by Gasteiger charge is -2.38. The quantitative estimate of drug-likeness (QED) is 0.188. The first-order valence-electron chi connectivity index (χ1n) is 12.4. The molecule has 3 N–H and O–H groups in total.